The lowest BCUT2D eigenvalue weighted by molar-refractivity contribution is -0.141. The molecule has 0 saturated heterocycles. The third-order valence-electron chi connectivity index (χ3n) is 3.18. The maximum atomic E-state index is 12.8. The van der Waals surface area contributed by atoms with Gasteiger partial charge in [0.1, 0.15) is 0 Å². The molecule has 0 fully saturated rings. The maximum absolute atomic E-state index is 12.8. The Morgan fingerprint density at radius 2 is 1.81 bits per heavy atom. The van der Waals surface area contributed by atoms with Gasteiger partial charge in [-0.15, -0.1) is 0 Å². The summed E-state index contributed by atoms with van der Waals surface area (Å²) in [5.74, 6) is -0.0504. The Morgan fingerprint density at radius 1 is 1.19 bits per heavy atom. The van der Waals surface area contributed by atoms with E-state index in [-0.39, 0.29) is 5.92 Å². The van der Waals surface area contributed by atoms with Crippen molar-refractivity contribution in [2.24, 2.45) is 0 Å². The van der Waals surface area contributed by atoms with Crippen LogP contribution in [0.2, 0.25) is 0 Å². The van der Waals surface area contributed by atoms with Gasteiger partial charge < -0.3 is 5.32 Å². The summed E-state index contributed by atoms with van der Waals surface area (Å²) in [6, 6.07) is 8.44. The molecule has 0 bridgehead atoms. The lowest BCUT2D eigenvalue weighted by Crippen LogP contribution is -2.08. The van der Waals surface area contributed by atoms with Crippen LogP contribution in [0.15, 0.2) is 30.3 Å². The van der Waals surface area contributed by atoms with Crippen molar-refractivity contribution in [3.05, 3.63) is 47.3 Å². The van der Waals surface area contributed by atoms with Crippen LogP contribution < -0.4 is 5.32 Å². The quantitative estimate of drug-likeness (QED) is 0.932. The molecule has 1 aromatic carbocycles. The van der Waals surface area contributed by atoms with E-state index in [4.69, 9.17) is 0 Å². The van der Waals surface area contributed by atoms with Crippen LogP contribution >= 0.6 is 0 Å². The zero-order valence-electron chi connectivity index (χ0n) is 12.2. The second-order valence-corrected chi connectivity index (χ2v) is 5.22. The predicted octanol–water partition coefficient (Wildman–Crippen LogP) is 3.73. The zero-order chi connectivity index (χ0) is 15.6. The standard InChI is InChI=1S/C15H18F3N3/c1-10(2)13-8-14(15(16,17)18)20-21(13)12-6-4-11(5-7-12)9-19-3/h4-8,10,19H,9H2,1-3H3. The van der Waals surface area contributed by atoms with Crippen molar-refractivity contribution in [2.75, 3.05) is 7.05 Å². The molecule has 1 aromatic heterocycles. The molecule has 1 heterocycles. The predicted molar refractivity (Wildman–Crippen MR) is 75.4 cm³/mol. The molecule has 114 valence electrons. The number of alkyl halides is 3. The molecule has 0 unspecified atom stereocenters. The van der Waals surface area contributed by atoms with Gasteiger partial charge in [0, 0.05) is 12.2 Å². The van der Waals surface area contributed by atoms with Gasteiger partial charge in [0.05, 0.1) is 5.69 Å². The average molecular weight is 297 g/mol. The van der Waals surface area contributed by atoms with Gasteiger partial charge in [0.15, 0.2) is 5.69 Å². The number of hydrogen-bond donors (Lipinski definition) is 1. The minimum Gasteiger partial charge on any atom is -0.316 e. The molecule has 0 aliphatic rings. The minimum absolute atomic E-state index is 0.0504. The van der Waals surface area contributed by atoms with Crippen molar-refractivity contribution in [1.82, 2.24) is 15.1 Å². The van der Waals surface area contributed by atoms with Crippen molar-refractivity contribution in [3.8, 4) is 5.69 Å². The molecule has 2 rings (SSSR count). The Balaban J connectivity index is 2.44. The summed E-state index contributed by atoms with van der Waals surface area (Å²) in [5, 5.41) is 6.75. The Labute approximate surface area is 121 Å². The molecule has 0 aliphatic carbocycles. The fourth-order valence-electron chi connectivity index (χ4n) is 2.11. The van der Waals surface area contributed by atoms with Gasteiger partial charge in [-0.3, -0.25) is 0 Å². The first-order valence-electron chi connectivity index (χ1n) is 6.74. The van der Waals surface area contributed by atoms with E-state index in [1.54, 1.807) is 12.1 Å². The third-order valence-corrected chi connectivity index (χ3v) is 3.18. The van der Waals surface area contributed by atoms with E-state index in [9.17, 15) is 13.2 Å². The molecule has 0 saturated carbocycles. The van der Waals surface area contributed by atoms with Crippen LogP contribution in [0.25, 0.3) is 5.69 Å². The third kappa shape index (κ3) is 3.44. The topological polar surface area (TPSA) is 29.9 Å². The number of aromatic nitrogens is 2. The Hall–Kier alpha value is -1.82. The van der Waals surface area contributed by atoms with Gasteiger partial charge in [0.25, 0.3) is 0 Å². The van der Waals surface area contributed by atoms with Gasteiger partial charge in [-0.05, 0) is 36.7 Å². The van der Waals surface area contributed by atoms with Crippen LogP contribution in [0.1, 0.15) is 36.7 Å². The first-order chi connectivity index (χ1) is 9.82. The van der Waals surface area contributed by atoms with Gasteiger partial charge >= 0.3 is 6.18 Å². The summed E-state index contributed by atoms with van der Waals surface area (Å²) in [6.45, 7) is 4.41. The molecule has 6 heteroatoms. The second-order valence-electron chi connectivity index (χ2n) is 5.22. The largest absolute Gasteiger partial charge is 0.435 e. The van der Waals surface area contributed by atoms with E-state index in [1.807, 2.05) is 33.0 Å². The minimum atomic E-state index is -4.43. The molecule has 1 N–H and O–H groups in total. The highest BCUT2D eigenvalue weighted by Gasteiger charge is 2.35. The van der Waals surface area contributed by atoms with Crippen molar-refractivity contribution >= 4 is 0 Å². The highest BCUT2D eigenvalue weighted by molar-refractivity contribution is 5.37. The van der Waals surface area contributed by atoms with E-state index < -0.39 is 11.9 Å². The van der Waals surface area contributed by atoms with Crippen molar-refractivity contribution in [2.45, 2.75) is 32.5 Å². The molecule has 0 spiro atoms. The maximum Gasteiger partial charge on any atom is 0.435 e. The summed E-state index contributed by atoms with van der Waals surface area (Å²) in [7, 11) is 1.84. The number of rotatable bonds is 4. The van der Waals surface area contributed by atoms with Crippen LogP contribution in [0.4, 0.5) is 13.2 Å². The first kappa shape index (κ1) is 15.6. The lowest BCUT2D eigenvalue weighted by atomic mass is 10.1. The van der Waals surface area contributed by atoms with Gasteiger partial charge in [-0.2, -0.15) is 18.3 Å². The summed E-state index contributed by atoms with van der Waals surface area (Å²) >= 11 is 0. The molecule has 0 amide bonds. The van der Waals surface area contributed by atoms with Gasteiger partial charge in [-0.25, -0.2) is 4.68 Å². The molecular weight excluding hydrogens is 279 g/mol. The van der Waals surface area contributed by atoms with Crippen LogP contribution in [0, 0.1) is 0 Å². The Kier molecular flexibility index (Phi) is 4.37. The average Bonchev–Trinajstić information content (AvgIpc) is 2.85. The molecule has 0 radical (unpaired) electrons. The molecule has 0 atom stereocenters. The monoisotopic (exact) mass is 297 g/mol. The molecule has 21 heavy (non-hydrogen) atoms. The van der Waals surface area contributed by atoms with Crippen LogP contribution in [0.5, 0.6) is 0 Å². The summed E-state index contributed by atoms with van der Waals surface area (Å²) < 4.78 is 39.9. The highest BCUT2D eigenvalue weighted by Crippen LogP contribution is 2.31. The number of hydrogen-bond acceptors (Lipinski definition) is 2. The summed E-state index contributed by atoms with van der Waals surface area (Å²) in [6.07, 6.45) is -4.43. The van der Waals surface area contributed by atoms with Crippen LogP contribution in [0.3, 0.4) is 0 Å². The summed E-state index contributed by atoms with van der Waals surface area (Å²) in [4.78, 5) is 0. The molecule has 0 aliphatic heterocycles. The van der Waals surface area contributed by atoms with Gasteiger partial charge in [0.2, 0.25) is 0 Å². The highest BCUT2D eigenvalue weighted by atomic mass is 19.4. The molecule has 2 aromatic rings. The zero-order valence-corrected chi connectivity index (χ0v) is 12.2. The van der Waals surface area contributed by atoms with Crippen LogP contribution in [-0.4, -0.2) is 16.8 Å². The Morgan fingerprint density at radius 3 is 2.29 bits per heavy atom. The van der Waals surface area contributed by atoms with E-state index in [2.05, 4.69) is 10.4 Å². The first-order valence-corrected chi connectivity index (χ1v) is 6.74. The smallest absolute Gasteiger partial charge is 0.316 e. The number of nitrogens with zero attached hydrogens (tertiary/aromatic N) is 2. The normalized spacial score (nSPS) is 12.1. The fourth-order valence-corrected chi connectivity index (χ4v) is 2.11. The van der Waals surface area contributed by atoms with Gasteiger partial charge in [-0.1, -0.05) is 26.0 Å². The van der Waals surface area contributed by atoms with Crippen molar-refractivity contribution in [3.63, 3.8) is 0 Å². The molecule has 3 nitrogen and oxygen atoms in total. The van der Waals surface area contributed by atoms with E-state index in [0.717, 1.165) is 11.6 Å². The van der Waals surface area contributed by atoms with E-state index >= 15 is 0 Å². The van der Waals surface area contributed by atoms with E-state index in [0.29, 0.717) is 17.9 Å². The second kappa shape index (κ2) is 5.89. The van der Waals surface area contributed by atoms with Crippen molar-refractivity contribution < 1.29 is 13.2 Å². The Bertz CT molecular complexity index is 598. The lowest BCUT2D eigenvalue weighted by Gasteiger charge is -2.10. The fraction of sp³-hybridized carbons (Fsp3) is 0.400. The summed E-state index contributed by atoms with van der Waals surface area (Å²) in [5.41, 5.74) is 1.39. The number of benzene rings is 1. The number of nitrogens with one attached hydrogen (secondary N) is 1. The van der Waals surface area contributed by atoms with E-state index in [1.165, 1.54) is 4.68 Å². The molecular formula is C15H18F3N3. The SMILES string of the molecule is CNCc1ccc(-n2nc(C(F)(F)F)cc2C(C)C)cc1. The van der Waals surface area contributed by atoms with Crippen LogP contribution in [-0.2, 0) is 12.7 Å². The van der Waals surface area contributed by atoms with Crippen molar-refractivity contribution in [1.29, 1.82) is 0 Å². The number of halogens is 3.